The predicted molar refractivity (Wildman–Crippen MR) is 154 cm³/mol. The topological polar surface area (TPSA) is 74.6 Å². The van der Waals surface area contributed by atoms with Crippen molar-refractivity contribution in [2.24, 2.45) is 4.99 Å². The number of carbonyl (C=O) groups excluding carboxylic acids is 1. The molecular formula is C30H25F6N3O4S. The van der Waals surface area contributed by atoms with Crippen LogP contribution >= 0.6 is 11.8 Å². The van der Waals surface area contributed by atoms with Gasteiger partial charge in [0.2, 0.25) is 0 Å². The SMILES string of the molecule is COc1cc(/C=C2/SC(N3CCN(c4ccc(O)cc4)CC3)=NC2=O)ccc1OCc1ccc(C(F)(F)F)cc1C(F)(F)F. The van der Waals surface area contributed by atoms with Crippen LogP contribution in [0.25, 0.3) is 6.08 Å². The maximum Gasteiger partial charge on any atom is 0.416 e. The minimum atomic E-state index is -5.02. The quantitative estimate of drug-likeness (QED) is 0.235. The third-order valence-electron chi connectivity index (χ3n) is 6.99. The monoisotopic (exact) mass is 637 g/mol. The van der Waals surface area contributed by atoms with Crippen molar-refractivity contribution in [3.05, 3.63) is 87.8 Å². The molecule has 1 amide bonds. The lowest BCUT2D eigenvalue weighted by atomic mass is 10.0. The summed E-state index contributed by atoms with van der Waals surface area (Å²) >= 11 is 1.23. The first-order valence-electron chi connectivity index (χ1n) is 13.2. The Balaban J connectivity index is 1.24. The molecule has 0 spiro atoms. The van der Waals surface area contributed by atoms with Crippen LogP contribution in [0, 0.1) is 0 Å². The summed E-state index contributed by atoms with van der Waals surface area (Å²) in [6, 6.07) is 12.9. The summed E-state index contributed by atoms with van der Waals surface area (Å²) < 4.78 is 90.3. The van der Waals surface area contributed by atoms with Gasteiger partial charge in [0.05, 0.1) is 23.1 Å². The fourth-order valence-electron chi connectivity index (χ4n) is 4.70. The number of nitrogens with zero attached hydrogens (tertiary/aromatic N) is 3. The summed E-state index contributed by atoms with van der Waals surface area (Å²) in [6.45, 7) is 2.03. The molecule has 1 saturated heterocycles. The highest BCUT2D eigenvalue weighted by Gasteiger charge is 2.38. The van der Waals surface area contributed by atoms with E-state index in [1.54, 1.807) is 24.3 Å². The van der Waals surface area contributed by atoms with E-state index in [0.29, 0.717) is 47.9 Å². The van der Waals surface area contributed by atoms with Crippen LogP contribution in [0.2, 0.25) is 0 Å². The number of amidine groups is 1. The maximum absolute atomic E-state index is 13.5. The van der Waals surface area contributed by atoms with Crippen LogP contribution in [0.4, 0.5) is 32.0 Å². The molecule has 3 aromatic rings. The van der Waals surface area contributed by atoms with E-state index in [1.165, 1.54) is 31.0 Å². The number of rotatable bonds is 6. The molecule has 0 radical (unpaired) electrons. The van der Waals surface area contributed by atoms with Crippen LogP contribution in [0.15, 0.2) is 70.6 Å². The largest absolute Gasteiger partial charge is 0.508 e. The van der Waals surface area contributed by atoms with Gasteiger partial charge in [-0.3, -0.25) is 4.79 Å². The van der Waals surface area contributed by atoms with Crippen molar-refractivity contribution in [3.8, 4) is 17.2 Å². The number of phenolic OH excluding ortho intramolecular Hbond substituents is 1. The molecule has 3 aromatic carbocycles. The van der Waals surface area contributed by atoms with E-state index in [-0.39, 0.29) is 23.3 Å². The Morgan fingerprint density at radius 2 is 1.57 bits per heavy atom. The van der Waals surface area contributed by atoms with Crippen LogP contribution in [-0.2, 0) is 23.8 Å². The molecule has 0 aliphatic carbocycles. The van der Waals surface area contributed by atoms with Gasteiger partial charge in [-0.15, -0.1) is 0 Å². The van der Waals surface area contributed by atoms with Gasteiger partial charge in [-0.05, 0) is 71.9 Å². The number of aromatic hydroxyl groups is 1. The van der Waals surface area contributed by atoms with E-state index in [0.717, 1.165) is 11.8 Å². The second kappa shape index (κ2) is 12.3. The average Bonchev–Trinajstić information content (AvgIpc) is 3.35. The van der Waals surface area contributed by atoms with Gasteiger partial charge >= 0.3 is 12.4 Å². The number of alkyl halides is 6. The molecule has 2 aliphatic heterocycles. The summed E-state index contributed by atoms with van der Waals surface area (Å²) in [5.74, 6) is 0.00454. The molecule has 0 saturated carbocycles. The smallest absolute Gasteiger partial charge is 0.416 e. The van der Waals surface area contributed by atoms with Crippen LogP contribution < -0.4 is 14.4 Å². The molecule has 44 heavy (non-hydrogen) atoms. The summed E-state index contributed by atoms with van der Waals surface area (Å²) in [5, 5.41) is 10.1. The summed E-state index contributed by atoms with van der Waals surface area (Å²) in [5.41, 5.74) is -1.79. The molecule has 0 atom stereocenters. The highest BCUT2D eigenvalue weighted by atomic mass is 32.2. The number of halogens is 6. The van der Waals surface area contributed by atoms with Crippen molar-refractivity contribution in [1.29, 1.82) is 0 Å². The number of ether oxygens (including phenoxy) is 2. The van der Waals surface area contributed by atoms with Gasteiger partial charge in [0.15, 0.2) is 16.7 Å². The Bertz CT molecular complexity index is 1600. The summed E-state index contributed by atoms with van der Waals surface area (Å²) in [6.07, 6.45) is -8.34. The normalized spacial score (nSPS) is 16.8. The number of carbonyl (C=O) groups is 1. The summed E-state index contributed by atoms with van der Waals surface area (Å²) in [4.78, 5) is 21.4. The Labute approximate surface area is 252 Å². The standard InChI is InChI=1S/C30H25F6N3O4S/c1-42-25-14-18(2-9-24(25)43-17-19-3-4-20(29(31,32)33)16-23(19)30(34,35)36)15-26-27(41)37-28(44-26)39-12-10-38(11-13-39)21-5-7-22(40)8-6-21/h2-9,14-16,40H,10-13,17H2,1H3/b26-15+. The van der Waals surface area contributed by atoms with Crippen LogP contribution in [0.1, 0.15) is 22.3 Å². The first-order valence-corrected chi connectivity index (χ1v) is 14.0. The number of thioether (sulfide) groups is 1. The molecule has 1 N–H and O–H groups in total. The number of anilines is 1. The van der Waals surface area contributed by atoms with Crippen molar-refractivity contribution in [2.45, 2.75) is 19.0 Å². The maximum atomic E-state index is 13.5. The Hall–Kier alpha value is -4.33. The summed E-state index contributed by atoms with van der Waals surface area (Å²) in [7, 11) is 1.33. The van der Waals surface area contributed by atoms with Gasteiger partial charge in [0.25, 0.3) is 5.91 Å². The van der Waals surface area contributed by atoms with E-state index in [9.17, 15) is 36.2 Å². The molecule has 232 valence electrons. The number of phenols is 1. The Kier molecular flexibility index (Phi) is 8.73. The number of hydrogen-bond acceptors (Lipinski definition) is 7. The molecule has 5 rings (SSSR count). The van der Waals surface area contributed by atoms with Crippen molar-refractivity contribution in [3.63, 3.8) is 0 Å². The molecule has 2 aliphatic rings. The molecule has 14 heteroatoms. The van der Waals surface area contributed by atoms with E-state index < -0.39 is 41.6 Å². The molecular weight excluding hydrogens is 612 g/mol. The van der Waals surface area contributed by atoms with Crippen molar-refractivity contribution < 1.29 is 45.7 Å². The van der Waals surface area contributed by atoms with Gasteiger partial charge in [-0.2, -0.15) is 31.3 Å². The number of benzene rings is 3. The predicted octanol–water partition coefficient (Wildman–Crippen LogP) is 6.81. The average molecular weight is 638 g/mol. The number of methoxy groups -OCH3 is 1. The van der Waals surface area contributed by atoms with Crippen LogP contribution in [-0.4, -0.2) is 54.4 Å². The van der Waals surface area contributed by atoms with Gasteiger partial charge in [0, 0.05) is 37.4 Å². The third kappa shape index (κ3) is 7.07. The number of piperazine rings is 1. The van der Waals surface area contributed by atoms with Crippen molar-refractivity contribution in [1.82, 2.24) is 4.90 Å². The first kappa shape index (κ1) is 31.1. The van der Waals surface area contributed by atoms with E-state index in [4.69, 9.17) is 9.47 Å². The highest BCUT2D eigenvalue weighted by molar-refractivity contribution is 8.18. The molecule has 0 unspecified atom stereocenters. The lowest BCUT2D eigenvalue weighted by Gasteiger charge is -2.36. The fraction of sp³-hybridized carbons (Fsp3) is 0.267. The minimum absolute atomic E-state index is 0.0629. The number of hydrogen-bond donors (Lipinski definition) is 1. The first-order chi connectivity index (χ1) is 20.8. The van der Waals surface area contributed by atoms with Crippen LogP contribution in [0.5, 0.6) is 17.2 Å². The molecule has 1 fully saturated rings. The van der Waals surface area contributed by atoms with Gasteiger partial charge in [0.1, 0.15) is 12.4 Å². The van der Waals surface area contributed by atoms with E-state index in [1.807, 2.05) is 17.0 Å². The molecule has 2 heterocycles. The Morgan fingerprint density at radius 3 is 2.20 bits per heavy atom. The second-order valence-corrected chi connectivity index (χ2v) is 10.9. The Morgan fingerprint density at radius 1 is 0.886 bits per heavy atom. The molecule has 7 nitrogen and oxygen atoms in total. The number of aliphatic imine (C=N–C) groups is 1. The zero-order valence-electron chi connectivity index (χ0n) is 23.1. The van der Waals surface area contributed by atoms with E-state index >= 15 is 0 Å². The zero-order valence-corrected chi connectivity index (χ0v) is 23.9. The van der Waals surface area contributed by atoms with Crippen LogP contribution in [0.3, 0.4) is 0 Å². The molecule has 0 aromatic heterocycles. The van der Waals surface area contributed by atoms with E-state index in [2.05, 4.69) is 9.89 Å². The number of amides is 1. The lowest BCUT2D eigenvalue weighted by Crippen LogP contribution is -2.47. The van der Waals surface area contributed by atoms with Gasteiger partial charge < -0.3 is 24.4 Å². The second-order valence-electron chi connectivity index (χ2n) is 9.87. The molecule has 0 bridgehead atoms. The van der Waals surface area contributed by atoms with Gasteiger partial charge in [-0.1, -0.05) is 12.1 Å². The fourth-order valence-corrected chi connectivity index (χ4v) is 5.66. The van der Waals surface area contributed by atoms with Crippen molar-refractivity contribution in [2.75, 3.05) is 38.2 Å². The zero-order chi connectivity index (χ0) is 31.6. The lowest BCUT2D eigenvalue weighted by molar-refractivity contribution is -0.143. The minimum Gasteiger partial charge on any atom is -0.508 e. The third-order valence-corrected chi connectivity index (χ3v) is 8.03. The highest BCUT2D eigenvalue weighted by Crippen LogP contribution is 2.39. The van der Waals surface area contributed by atoms with Crippen molar-refractivity contribution >= 4 is 34.6 Å². The van der Waals surface area contributed by atoms with Gasteiger partial charge in [-0.25, -0.2) is 0 Å².